The molecule has 3 N–H and O–H groups in total. The second-order valence-electron chi connectivity index (χ2n) is 7.55. The largest absolute Gasteiger partial charge is 0.396 e. The molecule has 1 aliphatic carbocycles. The van der Waals surface area contributed by atoms with Crippen LogP contribution in [0.1, 0.15) is 48.0 Å². The fourth-order valence-corrected chi connectivity index (χ4v) is 4.04. The average molecular weight is 346 g/mol. The number of nitrogens with one attached hydrogen (secondary N) is 1. The third-order valence-electron chi connectivity index (χ3n) is 5.80. The number of amides is 1. The zero-order chi connectivity index (χ0) is 17.6. The van der Waals surface area contributed by atoms with Crippen molar-refractivity contribution in [1.82, 2.24) is 10.2 Å². The summed E-state index contributed by atoms with van der Waals surface area (Å²) in [5, 5.41) is 21.7. The summed E-state index contributed by atoms with van der Waals surface area (Å²) >= 11 is 0. The number of hydrogen-bond acceptors (Lipinski definition) is 4. The number of nitrogens with zero attached hydrogens (tertiary/aromatic N) is 1. The Morgan fingerprint density at radius 2 is 1.76 bits per heavy atom. The molecule has 5 heteroatoms. The van der Waals surface area contributed by atoms with Crippen LogP contribution in [0.3, 0.4) is 0 Å². The molecular weight excluding hydrogens is 316 g/mol. The van der Waals surface area contributed by atoms with Gasteiger partial charge in [-0.1, -0.05) is 18.6 Å². The Morgan fingerprint density at radius 3 is 2.40 bits per heavy atom. The minimum Gasteiger partial charge on any atom is -0.396 e. The number of carbonyl (C=O) groups is 1. The molecule has 3 rings (SSSR count). The van der Waals surface area contributed by atoms with Crippen molar-refractivity contribution in [1.29, 1.82) is 0 Å². The highest BCUT2D eigenvalue weighted by Gasteiger charge is 2.28. The number of rotatable bonds is 6. The van der Waals surface area contributed by atoms with E-state index < -0.39 is 0 Å². The summed E-state index contributed by atoms with van der Waals surface area (Å²) in [6.07, 6.45) is 5.14. The van der Waals surface area contributed by atoms with E-state index in [4.69, 9.17) is 0 Å². The summed E-state index contributed by atoms with van der Waals surface area (Å²) in [6.45, 7) is 3.40. The molecule has 0 aromatic heterocycles. The normalized spacial score (nSPS) is 25.2. The molecular formula is C20H30N2O3. The van der Waals surface area contributed by atoms with Crippen LogP contribution in [0.15, 0.2) is 24.3 Å². The summed E-state index contributed by atoms with van der Waals surface area (Å²) in [6, 6.07) is 7.96. The van der Waals surface area contributed by atoms with E-state index in [0.717, 1.165) is 51.7 Å². The summed E-state index contributed by atoms with van der Waals surface area (Å²) < 4.78 is 0. The topological polar surface area (TPSA) is 72.8 Å². The molecule has 5 nitrogen and oxygen atoms in total. The Balaban J connectivity index is 1.51. The maximum absolute atomic E-state index is 12.4. The van der Waals surface area contributed by atoms with Crippen LogP contribution in [0, 0.1) is 11.8 Å². The fourth-order valence-electron chi connectivity index (χ4n) is 4.04. The summed E-state index contributed by atoms with van der Waals surface area (Å²) in [7, 11) is 0. The highest BCUT2D eigenvalue weighted by atomic mass is 16.3. The first kappa shape index (κ1) is 18.4. The van der Waals surface area contributed by atoms with Crippen LogP contribution in [-0.4, -0.2) is 53.4 Å². The maximum atomic E-state index is 12.4. The first-order valence-electron chi connectivity index (χ1n) is 9.53. The van der Waals surface area contributed by atoms with Crippen LogP contribution < -0.4 is 5.32 Å². The van der Waals surface area contributed by atoms with E-state index in [0.29, 0.717) is 18.1 Å². The van der Waals surface area contributed by atoms with Crippen LogP contribution in [0.25, 0.3) is 0 Å². The second kappa shape index (κ2) is 8.79. The molecule has 1 saturated carbocycles. The molecule has 1 amide bonds. The van der Waals surface area contributed by atoms with Gasteiger partial charge in [0.15, 0.2) is 0 Å². The molecule has 0 bridgehead atoms. The molecule has 1 aliphatic heterocycles. The first-order valence-corrected chi connectivity index (χ1v) is 9.53. The van der Waals surface area contributed by atoms with Gasteiger partial charge < -0.3 is 15.5 Å². The van der Waals surface area contributed by atoms with Crippen LogP contribution in [0.2, 0.25) is 0 Å². The van der Waals surface area contributed by atoms with Crippen molar-refractivity contribution in [3.05, 3.63) is 35.4 Å². The minimum absolute atomic E-state index is 0.0411. The Hall–Kier alpha value is -1.43. The Bertz CT molecular complexity index is 553. The average Bonchev–Trinajstić information content (AvgIpc) is 3.10. The molecule has 2 fully saturated rings. The summed E-state index contributed by atoms with van der Waals surface area (Å²) in [5.74, 6) is 0.617. The van der Waals surface area contributed by atoms with Gasteiger partial charge in [-0.05, 0) is 62.4 Å². The number of benzene rings is 1. The van der Waals surface area contributed by atoms with Crippen molar-refractivity contribution >= 4 is 5.91 Å². The van der Waals surface area contributed by atoms with Crippen LogP contribution >= 0.6 is 0 Å². The van der Waals surface area contributed by atoms with Gasteiger partial charge in [0.05, 0.1) is 0 Å². The quantitative estimate of drug-likeness (QED) is 0.734. The Morgan fingerprint density at radius 1 is 1.04 bits per heavy atom. The second-order valence-corrected chi connectivity index (χ2v) is 7.55. The van der Waals surface area contributed by atoms with Gasteiger partial charge >= 0.3 is 0 Å². The lowest BCUT2D eigenvalue weighted by atomic mass is 9.97. The lowest BCUT2D eigenvalue weighted by molar-refractivity contribution is 0.0916. The minimum atomic E-state index is -0.0411. The van der Waals surface area contributed by atoms with Gasteiger partial charge in [0.2, 0.25) is 0 Å². The van der Waals surface area contributed by atoms with E-state index in [1.165, 1.54) is 5.56 Å². The lowest BCUT2D eigenvalue weighted by Gasteiger charge is -2.31. The monoisotopic (exact) mass is 346 g/mol. The van der Waals surface area contributed by atoms with Gasteiger partial charge in [-0.3, -0.25) is 9.69 Å². The molecule has 2 aliphatic rings. The Kier molecular flexibility index (Phi) is 6.45. The number of carbonyl (C=O) groups excluding carboxylic acids is 1. The summed E-state index contributed by atoms with van der Waals surface area (Å²) in [5.41, 5.74) is 1.90. The standard InChI is InChI=1S/C20H30N2O3/c23-13-16-8-10-22(11-9-16)12-15-4-6-17(7-5-15)20(25)21-19-3-1-2-18(19)14-24/h4-7,16,18-19,23-24H,1-3,8-14H2,(H,21,25). The van der Waals surface area contributed by atoms with Crippen LogP contribution in [0.4, 0.5) is 0 Å². The molecule has 2 unspecified atom stereocenters. The van der Waals surface area contributed by atoms with E-state index >= 15 is 0 Å². The van der Waals surface area contributed by atoms with Crippen molar-refractivity contribution in [2.75, 3.05) is 26.3 Å². The predicted octanol–water partition coefficient (Wildman–Crippen LogP) is 1.78. The number of likely N-dealkylation sites (tertiary alicyclic amines) is 1. The molecule has 1 heterocycles. The fraction of sp³-hybridized carbons (Fsp3) is 0.650. The van der Waals surface area contributed by atoms with Gasteiger partial charge in [0, 0.05) is 37.3 Å². The number of aliphatic hydroxyl groups excluding tert-OH is 2. The van der Waals surface area contributed by atoms with Crippen molar-refractivity contribution in [3.8, 4) is 0 Å². The molecule has 25 heavy (non-hydrogen) atoms. The van der Waals surface area contributed by atoms with Crippen molar-refractivity contribution in [2.24, 2.45) is 11.8 Å². The van der Waals surface area contributed by atoms with E-state index in [1.54, 1.807) is 0 Å². The van der Waals surface area contributed by atoms with Crippen LogP contribution in [-0.2, 0) is 6.54 Å². The molecule has 1 saturated heterocycles. The molecule has 1 aromatic carbocycles. The van der Waals surface area contributed by atoms with Crippen LogP contribution in [0.5, 0.6) is 0 Å². The SMILES string of the molecule is O=C(NC1CCCC1CO)c1ccc(CN2CCC(CO)CC2)cc1. The van der Waals surface area contributed by atoms with Crippen molar-refractivity contribution in [3.63, 3.8) is 0 Å². The number of aliphatic hydroxyl groups is 2. The Labute approximate surface area is 150 Å². The molecule has 1 aromatic rings. The van der Waals surface area contributed by atoms with Gasteiger partial charge in [-0.25, -0.2) is 0 Å². The van der Waals surface area contributed by atoms with Gasteiger partial charge in [-0.15, -0.1) is 0 Å². The highest BCUT2D eigenvalue weighted by Crippen LogP contribution is 2.25. The first-order chi connectivity index (χ1) is 12.2. The van der Waals surface area contributed by atoms with Gasteiger partial charge in [0.25, 0.3) is 5.91 Å². The van der Waals surface area contributed by atoms with E-state index in [-0.39, 0.29) is 24.5 Å². The molecule has 2 atom stereocenters. The molecule has 0 spiro atoms. The maximum Gasteiger partial charge on any atom is 0.251 e. The van der Waals surface area contributed by atoms with Crippen molar-refractivity contribution in [2.45, 2.75) is 44.7 Å². The third-order valence-corrected chi connectivity index (χ3v) is 5.80. The summed E-state index contributed by atoms with van der Waals surface area (Å²) in [4.78, 5) is 14.8. The number of hydrogen-bond donors (Lipinski definition) is 3. The predicted molar refractivity (Wildman–Crippen MR) is 97.2 cm³/mol. The molecule has 0 radical (unpaired) electrons. The van der Waals surface area contributed by atoms with Gasteiger partial charge in [-0.2, -0.15) is 0 Å². The zero-order valence-electron chi connectivity index (χ0n) is 14.9. The smallest absolute Gasteiger partial charge is 0.251 e. The zero-order valence-corrected chi connectivity index (χ0v) is 14.9. The molecule has 138 valence electrons. The van der Waals surface area contributed by atoms with E-state index in [9.17, 15) is 15.0 Å². The van der Waals surface area contributed by atoms with E-state index in [2.05, 4.69) is 10.2 Å². The highest BCUT2D eigenvalue weighted by molar-refractivity contribution is 5.94. The van der Waals surface area contributed by atoms with Gasteiger partial charge in [0.1, 0.15) is 0 Å². The third kappa shape index (κ3) is 4.81. The van der Waals surface area contributed by atoms with Crippen molar-refractivity contribution < 1.29 is 15.0 Å². The van der Waals surface area contributed by atoms with E-state index in [1.807, 2.05) is 24.3 Å². The number of piperidine rings is 1. The lowest BCUT2D eigenvalue weighted by Crippen LogP contribution is -2.38.